The number of rotatable bonds is 11. The van der Waals surface area contributed by atoms with Gasteiger partial charge in [-0.3, -0.25) is 0 Å². The van der Waals surface area contributed by atoms with Gasteiger partial charge in [0.2, 0.25) is 11.4 Å². The number of para-hydroxylation sites is 1. The fourth-order valence-corrected chi connectivity index (χ4v) is 6.08. The number of carbonyl (C=O) groups is 1. The third kappa shape index (κ3) is 6.78. The molecule has 0 heterocycles. The number of anilines is 2. The van der Waals surface area contributed by atoms with Gasteiger partial charge in [0.05, 0.1) is 12.2 Å². The van der Waals surface area contributed by atoms with Gasteiger partial charge in [0, 0.05) is 49.7 Å². The monoisotopic (exact) mass is 598 g/mol. The van der Waals surface area contributed by atoms with Crippen molar-refractivity contribution in [1.29, 1.82) is 0 Å². The van der Waals surface area contributed by atoms with Crippen molar-refractivity contribution in [2.45, 2.75) is 34.6 Å². The third-order valence-electron chi connectivity index (χ3n) is 8.45. The van der Waals surface area contributed by atoms with Crippen molar-refractivity contribution in [3.05, 3.63) is 137 Å². The van der Waals surface area contributed by atoms with Crippen LogP contribution in [0.25, 0.3) is 11.1 Å². The van der Waals surface area contributed by atoms with Crippen LogP contribution in [0, 0.1) is 0 Å². The lowest BCUT2D eigenvalue weighted by atomic mass is 9.83. The second-order valence-electron chi connectivity index (χ2n) is 10.9. The van der Waals surface area contributed by atoms with Crippen molar-refractivity contribution in [3.8, 4) is 0 Å². The van der Waals surface area contributed by atoms with Crippen LogP contribution in [0.2, 0.25) is 0 Å². The van der Waals surface area contributed by atoms with E-state index in [0.717, 1.165) is 54.3 Å². The molecule has 0 saturated carbocycles. The van der Waals surface area contributed by atoms with Crippen LogP contribution in [0.1, 0.15) is 67.2 Å². The molecule has 0 bridgehead atoms. The molecule has 0 fully saturated rings. The molecule has 5 rings (SSSR count). The molecule has 0 aliphatic heterocycles. The number of ether oxygens (including phenoxy) is 1. The van der Waals surface area contributed by atoms with E-state index >= 15 is 0 Å². The maximum Gasteiger partial charge on any atom is 0.344 e. The lowest BCUT2D eigenvalue weighted by molar-refractivity contribution is -0.352. The van der Waals surface area contributed by atoms with Gasteiger partial charge in [-0.1, -0.05) is 54.6 Å². The first-order valence-electron chi connectivity index (χ1n) is 16.2. The molecule has 0 saturated heterocycles. The fraction of sp³-hybridized carbons (Fsp3) is 0.250. The molecule has 45 heavy (non-hydrogen) atoms. The number of fused-ring (bicyclic) bond motifs is 1. The largest absolute Gasteiger partial charge is 0.462 e. The van der Waals surface area contributed by atoms with Crippen molar-refractivity contribution in [1.82, 2.24) is 0 Å². The summed E-state index contributed by atoms with van der Waals surface area (Å²) in [6.07, 6.45) is 4.32. The van der Waals surface area contributed by atoms with E-state index < -0.39 is 0 Å². The molecule has 0 atom stereocenters. The smallest absolute Gasteiger partial charge is 0.344 e. The van der Waals surface area contributed by atoms with Crippen LogP contribution in [0.5, 0.6) is 0 Å². The summed E-state index contributed by atoms with van der Waals surface area (Å²) in [5, 5.41) is 0. The third-order valence-corrected chi connectivity index (χ3v) is 8.45. The summed E-state index contributed by atoms with van der Waals surface area (Å²) in [6.45, 7) is 14.8. The van der Waals surface area contributed by atoms with Crippen molar-refractivity contribution in [3.63, 3.8) is 0 Å². The number of esters is 1. The summed E-state index contributed by atoms with van der Waals surface area (Å²) < 4.78 is 5.33. The highest BCUT2D eigenvalue weighted by Crippen LogP contribution is 2.38. The second kappa shape index (κ2) is 14.7. The molecule has 0 spiro atoms. The molecule has 1 N–H and O–H groups in total. The molecule has 230 valence electrons. The Bertz CT molecular complexity index is 1650. The number of allylic oxidation sites excluding steroid dienone is 3. The van der Waals surface area contributed by atoms with Gasteiger partial charge >= 0.3 is 5.97 Å². The van der Waals surface area contributed by atoms with Crippen molar-refractivity contribution < 1.29 is 14.5 Å². The van der Waals surface area contributed by atoms with E-state index in [-0.39, 0.29) is 5.97 Å². The Morgan fingerprint density at radius 2 is 1.13 bits per heavy atom. The molecule has 0 unspecified atom stereocenters. The molecule has 4 aromatic carbocycles. The van der Waals surface area contributed by atoms with Crippen molar-refractivity contribution in [2.75, 3.05) is 42.6 Å². The predicted molar refractivity (Wildman–Crippen MR) is 189 cm³/mol. The minimum atomic E-state index is -0.335. The number of hydrogen-bond acceptors (Lipinski definition) is 4. The molecular weight excluding hydrogens is 554 g/mol. The Hall–Kier alpha value is -4.90. The van der Waals surface area contributed by atoms with E-state index in [0.29, 0.717) is 12.2 Å². The van der Waals surface area contributed by atoms with Crippen molar-refractivity contribution >= 4 is 39.9 Å². The standard InChI is InChI=1S/C40H43N3O2/c1-6-42(7-2)31-23-19-29(20-24-31)39(30-21-25-32(26-22-30)43(8-3)9-4)35-27-28-38(34-16-12-11-15-33(34)35)41-37-18-14-13-17-36(37)40(44)45-10-5/h11-28H,6-10H2,1-5H3/p+1. The summed E-state index contributed by atoms with van der Waals surface area (Å²) in [5.41, 5.74) is 11.5. The maximum absolute atomic E-state index is 12.7. The van der Waals surface area contributed by atoms with E-state index in [2.05, 4.69) is 127 Å². The number of nitrogens with one attached hydrogen (secondary N) is 1. The highest BCUT2D eigenvalue weighted by Gasteiger charge is 2.24. The summed E-state index contributed by atoms with van der Waals surface area (Å²) >= 11 is 0. The average molecular weight is 599 g/mol. The Kier molecular flexibility index (Phi) is 10.3. The summed E-state index contributed by atoms with van der Waals surface area (Å²) in [7, 11) is 0. The Balaban J connectivity index is 1.68. The first kappa shape index (κ1) is 31.5. The van der Waals surface area contributed by atoms with E-state index in [1.165, 1.54) is 28.1 Å². The molecule has 4 aromatic rings. The van der Waals surface area contributed by atoms with Gasteiger partial charge in [-0.15, -0.1) is 0 Å². The molecule has 0 aromatic heterocycles. The first-order valence-corrected chi connectivity index (χ1v) is 16.2. The SMILES string of the molecule is CCOC(=O)c1ccccc1[NH+]=C1C=CC(=C(c2ccc(N(CC)CC)cc2)c2ccc(N(CC)CC)cc2)c2ccccc21. The van der Waals surface area contributed by atoms with Crippen LogP contribution >= 0.6 is 0 Å². The predicted octanol–water partition coefficient (Wildman–Crippen LogP) is 7.29. The van der Waals surface area contributed by atoms with Gasteiger partial charge in [-0.2, -0.15) is 0 Å². The maximum atomic E-state index is 12.7. The first-order chi connectivity index (χ1) is 22.0. The van der Waals surface area contributed by atoms with E-state index in [1.54, 1.807) is 6.07 Å². The summed E-state index contributed by atoms with van der Waals surface area (Å²) in [5.74, 6) is -0.335. The van der Waals surface area contributed by atoms with Gasteiger partial charge in [0.15, 0.2) is 0 Å². The highest BCUT2D eigenvalue weighted by atomic mass is 16.5. The van der Waals surface area contributed by atoms with Crippen LogP contribution in [-0.4, -0.2) is 44.5 Å². The molecule has 0 amide bonds. The van der Waals surface area contributed by atoms with Gasteiger partial charge in [0.25, 0.3) is 0 Å². The average Bonchev–Trinajstić information content (AvgIpc) is 3.08. The summed E-state index contributed by atoms with van der Waals surface area (Å²) in [6, 6.07) is 33.9. The zero-order valence-electron chi connectivity index (χ0n) is 27.1. The Morgan fingerprint density at radius 1 is 0.622 bits per heavy atom. The Morgan fingerprint density at radius 3 is 1.67 bits per heavy atom. The lowest BCUT2D eigenvalue weighted by Crippen LogP contribution is -2.67. The number of hydrogen-bond donors (Lipinski definition) is 1. The summed E-state index contributed by atoms with van der Waals surface area (Å²) in [4.78, 5) is 21.0. The molecule has 5 nitrogen and oxygen atoms in total. The number of nitrogens with zero attached hydrogens (tertiary/aromatic N) is 2. The minimum absolute atomic E-state index is 0.329. The second-order valence-corrected chi connectivity index (χ2v) is 10.9. The number of carbonyl (C=O) groups excluding carboxylic acids is 1. The molecule has 1 aliphatic rings. The molecule has 0 radical (unpaired) electrons. The van der Waals surface area contributed by atoms with Crippen LogP contribution < -0.4 is 14.8 Å². The van der Waals surface area contributed by atoms with Crippen LogP contribution in [0.4, 0.5) is 17.1 Å². The van der Waals surface area contributed by atoms with E-state index in [9.17, 15) is 4.79 Å². The minimum Gasteiger partial charge on any atom is -0.462 e. The van der Waals surface area contributed by atoms with Crippen LogP contribution in [0.15, 0.2) is 109 Å². The highest BCUT2D eigenvalue weighted by molar-refractivity contribution is 6.17. The Labute approximate surface area is 268 Å². The molecule has 1 aliphatic carbocycles. The fourth-order valence-electron chi connectivity index (χ4n) is 6.08. The van der Waals surface area contributed by atoms with Crippen LogP contribution in [0.3, 0.4) is 0 Å². The zero-order valence-corrected chi connectivity index (χ0v) is 27.1. The number of benzene rings is 4. The quantitative estimate of drug-likeness (QED) is 0.184. The van der Waals surface area contributed by atoms with E-state index in [1.807, 2.05) is 25.1 Å². The lowest BCUT2D eigenvalue weighted by Gasteiger charge is -2.24. The van der Waals surface area contributed by atoms with Gasteiger partial charge < -0.3 is 14.5 Å². The van der Waals surface area contributed by atoms with Crippen molar-refractivity contribution in [2.24, 2.45) is 0 Å². The normalized spacial score (nSPS) is 13.0. The molecule has 5 heteroatoms. The van der Waals surface area contributed by atoms with Gasteiger partial charge in [0.1, 0.15) is 5.56 Å². The van der Waals surface area contributed by atoms with Gasteiger partial charge in [-0.25, -0.2) is 9.79 Å². The van der Waals surface area contributed by atoms with Gasteiger partial charge in [-0.05, 0) is 105 Å². The van der Waals surface area contributed by atoms with Crippen LogP contribution in [-0.2, 0) is 4.74 Å². The zero-order chi connectivity index (χ0) is 31.8. The molecular formula is C40H44N3O2+. The van der Waals surface area contributed by atoms with E-state index in [4.69, 9.17) is 4.74 Å². The topological polar surface area (TPSA) is 46.8 Å².